The summed E-state index contributed by atoms with van der Waals surface area (Å²) in [5.41, 5.74) is 7.21. The molecule has 0 aliphatic heterocycles. The number of halogens is 2. The topological polar surface area (TPSA) is 38.9 Å². The van der Waals surface area contributed by atoms with E-state index in [2.05, 4.69) is 18.8 Å². The van der Waals surface area contributed by atoms with Crippen LogP contribution >= 0.6 is 23.2 Å². The largest absolute Gasteiger partial charge is 0.327 e. The molecule has 0 spiro atoms. The van der Waals surface area contributed by atoms with Gasteiger partial charge in [0.2, 0.25) is 0 Å². The lowest BCUT2D eigenvalue weighted by Gasteiger charge is -2.03. The van der Waals surface area contributed by atoms with Crippen LogP contribution < -0.4 is 5.73 Å². The SMILES string of the molecule is CC1(C)[C@@H](N)[C@@H]1c1cc(Cl)nc(Cl)c1. The van der Waals surface area contributed by atoms with Crippen LogP contribution in [-0.2, 0) is 0 Å². The normalized spacial score (nSPS) is 28.9. The lowest BCUT2D eigenvalue weighted by molar-refractivity contribution is 0.599. The molecule has 0 bridgehead atoms. The second-order valence-electron chi connectivity index (χ2n) is 4.37. The number of hydrogen-bond acceptors (Lipinski definition) is 2. The first kappa shape index (κ1) is 10.2. The van der Waals surface area contributed by atoms with Crippen molar-refractivity contribution in [1.82, 2.24) is 4.98 Å². The molecule has 0 radical (unpaired) electrons. The highest BCUT2D eigenvalue weighted by atomic mass is 35.5. The second kappa shape index (κ2) is 3.09. The molecule has 4 heteroatoms. The summed E-state index contributed by atoms with van der Waals surface area (Å²) in [7, 11) is 0. The van der Waals surface area contributed by atoms with E-state index in [4.69, 9.17) is 28.9 Å². The summed E-state index contributed by atoms with van der Waals surface area (Å²) in [6.45, 7) is 4.29. The average molecular weight is 231 g/mol. The Kier molecular flexibility index (Phi) is 2.25. The van der Waals surface area contributed by atoms with Crippen LogP contribution in [0.2, 0.25) is 10.3 Å². The number of pyridine rings is 1. The van der Waals surface area contributed by atoms with Gasteiger partial charge in [0, 0.05) is 12.0 Å². The summed E-state index contributed by atoms with van der Waals surface area (Å²) < 4.78 is 0. The van der Waals surface area contributed by atoms with Crippen molar-refractivity contribution in [2.75, 3.05) is 0 Å². The number of hydrogen-bond donors (Lipinski definition) is 1. The van der Waals surface area contributed by atoms with E-state index in [1.807, 2.05) is 12.1 Å². The molecule has 0 saturated heterocycles. The van der Waals surface area contributed by atoms with Crippen molar-refractivity contribution >= 4 is 23.2 Å². The standard InChI is InChI=1S/C10H12Cl2N2/c1-10(2)8(9(10)13)5-3-6(11)14-7(12)4-5/h3-4,8-9H,13H2,1-2H3/t8-,9-/m0/s1. The average Bonchev–Trinajstić information content (AvgIpc) is 2.48. The molecule has 2 atom stereocenters. The van der Waals surface area contributed by atoms with Gasteiger partial charge in [-0.2, -0.15) is 0 Å². The molecule has 14 heavy (non-hydrogen) atoms. The highest BCUT2D eigenvalue weighted by Gasteiger charge is 2.56. The van der Waals surface area contributed by atoms with E-state index < -0.39 is 0 Å². The number of rotatable bonds is 1. The van der Waals surface area contributed by atoms with Crippen molar-refractivity contribution in [1.29, 1.82) is 0 Å². The first-order chi connectivity index (χ1) is 6.43. The van der Waals surface area contributed by atoms with Gasteiger partial charge in [0.15, 0.2) is 0 Å². The highest BCUT2D eigenvalue weighted by Crippen LogP contribution is 2.57. The Morgan fingerprint density at radius 1 is 1.29 bits per heavy atom. The van der Waals surface area contributed by atoms with Crippen LogP contribution in [0.15, 0.2) is 12.1 Å². The third kappa shape index (κ3) is 1.52. The van der Waals surface area contributed by atoms with Gasteiger partial charge in [-0.25, -0.2) is 4.98 Å². The molecule has 76 valence electrons. The van der Waals surface area contributed by atoms with Gasteiger partial charge in [-0.1, -0.05) is 37.0 Å². The summed E-state index contributed by atoms with van der Waals surface area (Å²) in [5.74, 6) is 0.348. The maximum Gasteiger partial charge on any atom is 0.131 e. The van der Waals surface area contributed by atoms with Crippen LogP contribution in [0.5, 0.6) is 0 Å². The molecule has 0 amide bonds. The predicted molar refractivity (Wildman–Crippen MR) is 58.8 cm³/mol. The molecule has 1 aliphatic carbocycles. The van der Waals surface area contributed by atoms with Crippen molar-refractivity contribution in [2.24, 2.45) is 11.1 Å². The van der Waals surface area contributed by atoms with Gasteiger partial charge in [-0.05, 0) is 23.1 Å². The molecule has 1 aromatic rings. The minimum atomic E-state index is 0.147. The monoisotopic (exact) mass is 230 g/mol. The summed E-state index contributed by atoms with van der Waals surface area (Å²) >= 11 is 11.7. The van der Waals surface area contributed by atoms with E-state index in [1.165, 1.54) is 0 Å². The highest BCUT2D eigenvalue weighted by molar-refractivity contribution is 6.32. The van der Waals surface area contributed by atoms with Gasteiger partial charge in [-0.15, -0.1) is 0 Å². The Balaban J connectivity index is 2.35. The minimum absolute atomic E-state index is 0.147. The first-order valence-corrected chi connectivity index (χ1v) is 5.27. The van der Waals surface area contributed by atoms with Gasteiger partial charge in [-0.3, -0.25) is 0 Å². The fourth-order valence-corrected chi connectivity index (χ4v) is 2.45. The molecule has 0 aromatic carbocycles. The molecular formula is C10H12Cl2N2. The molecule has 1 saturated carbocycles. The van der Waals surface area contributed by atoms with E-state index in [1.54, 1.807) is 0 Å². The van der Waals surface area contributed by atoms with Gasteiger partial charge >= 0.3 is 0 Å². The first-order valence-electron chi connectivity index (χ1n) is 4.51. The third-order valence-corrected chi connectivity index (χ3v) is 3.44. The predicted octanol–water partition coefficient (Wildman–Crippen LogP) is 2.84. The number of aromatic nitrogens is 1. The van der Waals surface area contributed by atoms with Gasteiger partial charge < -0.3 is 5.73 Å². The fraction of sp³-hybridized carbons (Fsp3) is 0.500. The molecule has 2 rings (SSSR count). The van der Waals surface area contributed by atoms with Gasteiger partial charge in [0.05, 0.1) is 0 Å². The number of nitrogens with zero attached hydrogens (tertiary/aromatic N) is 1. The molecule has 1 heterocycles. The maximum absolute atomic E-state index is 5.97. The van der Waals surface area contributed by atoms with Crippen molar-refractivity contribution in [3.8, 4) is 0 Å². The Morgan fingerprint density at radius 2 is 1.71 bits per heavy atom. The molecule has 1 aliphatic rings. The molecule has 0 unspecified atom stereocenters. The van der Waals surface area contributed by atoms with Crippen LogP contribution in [0, 0.1) is 5.41 Å². The van der Waals surface area contributed by atoms with Crippen LogP contribution in [0.4, 0.5) is 0 Å². The Bertz CT molecular complexity index is 356. The van der Waals surface area contributed by atoms with Crippen LogP contribution in [-0.4, -0.2) is 11.0 Å². The summed E-state index contributed by atoms with van der Waals surface area (Å²) in [4.78, 5) is 3.91. The van der Waals surface area contributed by atoms with Crippen LogP contribution in [0.3, 0.4) is 0 Å². The molecule has 1 fully saturated rings. The zero-order valence-corrected chi connectivity index (χ0v) is 9.60. The zero-order valence-electron chi connectivity index (χ0n) is 8.09. The fourth-order valence-electron chi connectivity index (χ4n) is 1.98. The van der Waals surface area contributed by atoms with E-state index in [0.29, 0.717) is 16.2 Å². The van der Waals surface area contributed by atoms with Crippen molar-refractivity contribution in [3.05, 3.63) is 28.0 Å². The van der Waals surface area contributed by atoms with Crippen LogP contribution in [0.25, 0.3) is 0 Å². The third-order valence-electron chi connectivity index (χ3n) is 3.05. The minimum Gasteiger partial charge on any atom is -0.327 e. The Hall–Kier alpha value is -0.310. The number of nitrogens with two attached hydrogens (primary N) is 1. The zero-order chi connectivity index (χ0) is 10.5. The summed E-state index contributed by atoms with van der Waals surface area (Å²) in [6.07, 6.45) is 0. The smallest absolute Gasteiger partial charge is 0.131 e. The molecule has 1 aromatic heterocycles. The van der Waals surface area contributed by atoms with Crippen molar-refractivity contribution in [3.63, 3.8) is 0 Å². The van der Waals surface area contributed by atoms with Gasteiger partial charge in [0.25, 0.3) is 0 Å². The van der Waals surface area contributed by atoms with Crippen molar-refractivity contribution in [2.45, 2.75) is 25.8 Å². The van der Waals surface area contributed by atoms with Gasteiger partial charge in [0.1, 0.15) is 10.3 Å². The second-order valence-corrected chi connectivity index (χ2v) is 5.15. The lowest BCUT2D eigenvalue weighted by Crippen LogP contribution is -2.06. The van der Waals surface area contributed by atoms with E-state index >= 15 is 0 Å². The Morgan fingerprint density at radius 3 is 2.07 bits per heavy atom. The summed E-state index contributed by atoms with van der Waals surface area (Å²) in [6, 6.07) is 3.87. The maximum atomic E-state index is 5.97. The quantitative estimate of drug-likeness (QED) is 0.754. The Labute approximate surface area is 93.4 Å². The van der Waals surface area contributed by atoms with E-state index in [0.717, 1.165) is 5.56 Å². The molecular weight excluding hydrogens is 219 g/mol. The van der Waals surface area contributed by atoms with E-state index in [-0.39, 0.29) is 11.5 Å². The van der Waals surface area contributed by atoms with E-state index in [9.17, 15) is 0 Å². The molecule has 2 N–H and O–H groups in total. The van der Waals surface area contributed by atoms with Crippen LogP contribution in [0.1, 0.15) is 25.3 Å². The summed E-state index contributed by atoms with van der Waals surface area (Å²) in [5, 5.41) is 0.866. The lowest BCUT2D eigenvalue weighted by atomic mass is 10.0. The van der Waals surface area contributed by atoms with Crippen molar-refractivity contribution < 1.29 is 0 Å². The molecule has 2 nitrogen and oxygen atoms in total.